The first-order valence-corrected chi connectivity index (χ1v) is 6.11. The Hall–Kier alpha value is -0.870. The summed E-state index contributed by atoms with van der Waals surface area (Å²) in [5.41, 5.74) is 0. The number of aromatic nitrogens is 1. The minimum absolute atomic E-state index is 0.128. The Labute approximate surface area is 96.3 Å². The molecule has 0 bridgehead atoms. The van der Waals surface area contributed by atoms with Crippen LogP contribution >= 0.6 is 0 Å². The predicted molar refractivity (Wildman–Crippen MR) is 61.4 cm³/mol. The van der Waals surface area contributed by atoms with Gasteiger partial charge < -0.3 is 14.4 Å². The third kappa shape index (κ3) is 2.62. The zero-order valence-electron chi connectivity index (χ0n) is 9.85. The van der Waals surface area contributed by atoms with Crippen molar-refractivity contribution in [2.75, 3.05) is 26.2 Å². The topological polar surface area (TPSA) is 49.5 Å². The van der Waals surface area contributed by atoms with E-state index in [-0.39, 0.29) is 6.61 Å². The van der Waals surface area contributed by atoms with E-state index < -0.39 is 0 Å². The third-order valence-corrected chi connectivity index (χ3v) is 3.31. The predicted octanol–water partition coefficient (Wildman–Crippen LogP) is 1.41. The molecule has 0 atom stereocenters. The van der Waals surface area contributed by atoms with Gasteiger partial charge in [-0.2, -0.15) is 0 Å². The summed E-state index contributed by atoms with van der Waals surface area (Å²) in [5, 5.41) is 8.81. The van der Waals surface area contributed by atoms with Crippen molar-refractivity contribution in [2.45, 2.75) is 32.1 Å². The highest BCUT2D eigenvalue weighted by molar-refractivity contribution is 5.00. The van der Waals surface area contributed by atoms with Crippen molar-refractivity contribution in [2.24, 2.45) is 0 Å². The van der Waals surface area contributed by atoms with Crippen LogP contribution in [0.2, 0.25) is 0 Å². The summed E-state index contributed by atoms with van der Waals surface area (Å²) in [5.74, 6) is 2.13. The summed E-state index contributed by atoms with van der Waals surface area (Å²) in [6.07, 6.45) is 4.58. The van der Waals surface area contributed by atoms with E-state index in [1.807, 2.05) is 0 Å². The molecule has 2 rings (SSSR count). The van der Waals surface area contributed by atoms with Gasteiger partial charge in [-0.25, -0.2) is 4.98 Å². The number of nitrogens with zero attached hydrogens (tertiary/aromatic N) is 2. The van der Waals surface area contributed by atoms with Gasteiger partial charge in [0.25, 0.3) is 0 Å². The number of piperidine rings is 1. The minimum Gasteiger partial charge on any atom is -0.445 e. The number of hydrogen-bond donors (Lipinski definition) is 1. The number of aliphatic hydroxyl groups is 1. The lowest BCUT2D eigenvalue weighted by Crippen LogP contribution is -2.32. The van der Waals surface area contributed by atoms with Crippen LogP contribution in [0.1, 0.15) is 37.3 Å². The van der Waals surface area contributed by atoms with Crippen molar-refractivity contribution in [1.29, 1.82) is 0 Å². The average Bonchev–Trinajstić information content (AvgIpc) is 2.78. The number of rotatable bonds is 4. The minimum atomic E-state index is 0.128. The van der Waals surface area contributed by atoms with Crippen LogP contribution in [0.4, 0.5) is 0 Å². The second-order valence-electron chi connectivity index (χ2n) is 4.35. The molecule has 90 valence electrons. The van der Waals surface area contributed by atoms with E-state index in [1.165, 1.54) is 0 Å². The first-order valence-electron chi connectivity index (χ1n) is 6.11. The van der Waals surface area contributed by atoms with E-state index in [4.69, 9.17) is 9.52 Å². The van der Waals surface area contributed by atoms with Gasteiger partial charge in [0.15, 0.2) is 5.89 Å². The fraction of sp³-hybridized carbons (Fsp3) is 0.750. The molecule has 0 aromatic carbocycles. The molecule has 0 unspecified atom stereocenters. The zero-order valence-corrected chi connectivity index (χ0v) is 9.85. The third-order valence-electron chi connectivity index (χ3n) is 3.31. The molecule has 0 radical (unpaired) electrons. The Morgan fingerprint density at radius 2 is 2.25 bits per heavy atom. The summed E-state index contributed by atoms with van der Waals surface area (Å²) in [4.78, 5) is 6.77. The van der Waals surface area contributed by atoms with Crippen LogP contribution in [0.15, 0.2) is 10.6 Å². The SMILES string of the molecule is CCN1CCC(c2ncc(CCO)o2)CC1. The smallest absolute Gasteiger partial charge is 0.197 e. The normalized spacial score (nSPS) is 19.1. The van der Waals surface area contributed by atoms with Crippen molar-refractivity contribution in [3.8, 4) is 0 Å². The van der Waals surface area contributed by atoms with Crippen molar-refractivity contribution in [3.63, 3.8) is 0 Å². The molecule has 1 fully saturated rings. The van der Waals surface area contributed by atoms with Gasteiger partial charge in [0.1, 0.15) is 5.76 Å². The first-order chi connectivity index (χ1) is 7.83. The molecule has 4 nitrogen and oxygen atoms in total. The van der Waals surface area contributed by atoms with Crippen molar-refractivity contribution >= 4 is 0 Å². The Morgan fingerprint density at radius 1 is 1.50 bits per heavy atom. The van der Waals surface area contributed by atoms with Crippen molar-refractivity contribution in [1.82, 2.24) is 9.88 Å². The first kappa shape index (κ1) is 11.6. The number of oxazole rings is 1. The van der Waals surface area contributed by atoms with Crippen LogP contribution in [0.3, 0.4) is 0 Å². The van der Waals surface area contributed by atoms with Crippen LogP contribution in [-0.4, -0.2) is 41.2 Å². The van der Waals surface area contributed by atoms with Crippen LogP contribution in [0.25, 0.3) is 0 Å². The second-order valence-corrected chi connectivity index (χ2v) is 4.35. The molecular formula is C12H20N2O2. The lowest BCUT2D eigenvalue weighted by molar-refractivity contribution is 0.206. The maximum atomic E-state index is 8.81. The molecule has 0 spiro atoms. The fourth-order valence-corrected chi connectivity index (χ4v) is 2.23. The highest BCUT2D eigenvalue weighted by Crippen LogP contribution is 2.27. The van der Waals surface area contributed by atoms with Crippen LogP contribution in [-0.2, 0) is 6.42 Å². The van der Waals surface area contributed by atoms with Gasteiger partial charge in [-0.15, -0.1) is 0 Å². The van der Waals surface area contributed by atoms with Crippen LogP contribution < -0.4 is 0 Å². The van der Waals surface area contributed by atoms with Gasteiger partial charge in [-0.3, -0.25) is 0 Å². The second kappa shape index (κ2) is 5.46. The molecular weight excluding hydrogens is 204 g/mol. The average molecular weight is 224 g/mol. The van der Waals surface area contributed by atoms with Gasteiger partial charge in [-0.1, -0.05) is 6.92 Å². The Kier molecular flexibility index (Phi) is 3.96. The number of hydrogen-bond acceptors (Lipinski definition) is 4. The molecule has 1 aromatic rings. The highest BCUT2D eigenvalue weighted by atomic mass is 16.4. The van der Waals surface area contributed by atoms with E-state index in [9.17, 15) is 0 Å². The molecule has 0 amide bonds. The van der Waals surface area contributed by atoms with E-state index in [1.54, 1.807) is 6.20 Å². The Morgan fingerprint density at radius 3 is 2.88 bits per heavy atom. The maximum Gasteiger partial charge on any atom is 0.197 e. The molecule has 0 aliphatic carbocycles. The van der Waals surface area contributed by atoms with E-state index in [0.717, 1.165) is 44.1 Å². The summed E-state index contributed by atoms with van der Waals surface area (Å²) in [6.45, 7) is 5.74. The molecule has 1 aromatic heterocycles. The summed E-state index contributed by atoms with van der Waals surface area (Å²) in [6, 6.07) is 0. The number of aliphatic hydroxyl groups excluding tert-OH is 1. The molecule has 1 aliphatic rings. The highest BCUT2D eigenvalue weighted by Gasteiger charge is 2.23. The summed E-state index contributed by atoms with van der Waals surface area (Å²) >= 11 is 0. The van der Waals surface area contributed by atoms with E-state index in [2.05, 4.69) is 16.8 Å². The molecule has 1 N–H and O–H groups in total. The summed E-state index contributed by atoms with van der Waals surface area (Å²) < 4.78 is 5.64. The van der Waals surface area contributed by atoms with Gasteiger partial charge in [-0.05, 0) is 32.5 Å². The summed E-state index contributed by atoms with van der Waals surface area (Å²) in [7, 11) is 0. The zero-order chi connectivity index (χ0) is 11.4. The monoisotopic (exact) mass is 224 g/mol. The van der Waals surface area contributed by atoms with Crippen molar-refractivity contribution < 1.29 is 9.52 Å². The quantitative estimate of drug-likeness (QED) is 0.840. The molecule has 4 heteroatoms. The van der Waals surface area contributed by atoms with Gasteiger partial charge in [0, 0.05) is 12.3 Å². The molecule has 1 saturated heterocycles. The Bertz CT molecular complexity index is 317. The van der Waals surface area contributed by atoms with Gasteiger partial charge >= 0.3 is 0 Å². The molecule has 2 heterocycles. The van der Waals surface area contributed by atoms with Gasteiger partial charge in [0.2, 0.25) is 0 Å². The Balaban J connectivity index is 1.92. The lowest BCUT2D eigenvalue weighted by Gasteiger charge is -2.29. The van der Waals surface area contributed by atoms with Gasteiger partial charge in [0.05, 0.1) is 12.8 Å². The maximum absolute atomic E-state index is 8.81. The fourth-order valence-electron chi connectivity index (χ4n) is 2.23. The standard InChI is InChI=1S/C12H20N2O2/c1-2-14-6-3-10(4-7-14)12-13-9-11(16-12)5-8-15/h9-10,15H,2-8H2,1H3. The largest absolute Gasteiger partial charge is 0.445 e. The lowest BCUT2D eigenvalue weighted by atomic mass is 9.97. The molecule has 0 saturated carbocycles. The van der Waals surface area contributed by atoms with Crippen LogP contribution in [0.5, 0.6) is 0 Å². The molecule has 16 heavy (non-hydrogen) atoms. The van der Waals surface area contributed by atoms with E-state index in [0.29, 0.717) is 12.3 Å². The van der Waals surface area contributed by atoms with E-state index >= 15 is 0 Å². The number of likely N-dealkylation sites (tertiary alicyclic amines) is 1. The van der Waals surface area contributed by atoms with Crippen LogP contribution in [0, 0.1) is 0 Å². The van der Waals surface area contributed by atoms with Crippen molar-refractivity contribution in [3.05, 3.63) is 17.8 Å². The molecule has 1 aliphatic heterocycles.